The fourth-order valence-electron chi connectivity index (χ4n) is 3.04. The van der Waals surface area contributed by atoms with Crippen LogP contribution in [0.15, 0.2) is 24.3 Å². The van der Waals surface area contributed by atoms with Crippen molar-refractivity contribution in [1.82, 2.24) is 4.90 Å². The van der Waals surface area contributed by atoms with E-state index in [-0.39, 0.29) is 12.1 Å². The molecule has 2 rings (SSSR count). The van der Waals surface area contributed by atoms with E-state index in [1.54, 1.807) is 4.90 Å². The van der Waals surface area contributed by atoms with Crippen LogP contribution < -0.4 is 5.73 Å². The van der Waals surface area contributed by atoms with E-state index in [9.17, 15) is 4.79 Å². The van der Waals surface area contributed by atoms with E-state index in [2.05, 4.69) is 31.2 Å². The van der Waals surface area contributed by atoms with Crippen LogP contribution in [0.2, 0.25) is 0 Å². The van der Waals surface area contributed by atoms with Gasteiger partial charge in [-0.1, -0.05) is 37.6 Å². The molecule has 1 saturated heterocycles. The van der Waals surface area contributed by atoms with Crippen LogP contribution in [0.1, 0.15) is 57.7 Å². The third kappa shape index (κ3) is 4.96. The predicted octanol–water partition coefficient (Wildman–Crippen LogP) is 3.90. The monoisotopic (exact) mass is 318 g/mol. The minimum Gasteiger partial charge on any atom is -0.444 e. The van der Waals surface area contributed by atoms with Crippen LogP contribution in [0.3, 0.4) is 0 Å². The summed E-state index contributed by atoms with van der Waals surface area (Å²) >= 11 is 0. The number of benzene rings is 1. The fraction of sp³-hybridized carbons (Fsp3) is 0.632. The first-order chi connectivity index (χ1) is 10.8. The first-order valence-corrected chi connectivity index (χ1v) is 8.62. The fourth-order valence-corrected chi connectivity index (χ4v) is 3.04. The molecule has 0 radical (unpaired) electrons. The maximum Gasteiger partial charge on any atom is 0.410 e. The molecule has 1 aromatic rings. The van der Waals surface area contributed by atoms with Crippen LogP contribution in [0.25, 0.3) is 0 Å². The van der Waals surface area contributed by atoms with Crippen molar-refractivity contribution in [2.45, 2.75) is 58.6 Å². The Morgan fingerprint density at radius 3 is 2.57 bits per heavy atom. The van der Waals surface area contributed by atoms with E-state index >= 15 is 0 Å². The number of aryl methyl sites for hydroxylation is 1. The molecular weight excluding hydrogens is 288 g/mol. The molecule has 23 heavy (non-hydrogen) atoms. The Balaban J connectivity index is 1.94. The van der Waals surface area contributed by atoms with Crippen molar-refractivity contribution in [1.29, 1.82) is 0 Å². The lowest BCUT2D eigenvalue weighted by Crippen LogP contribution is -2.36. The zero-order valence-corrected chi connectivity index (χ0v) is 14.8. The molecule has 4 heteroatoms. The summed E-state index contributed by atoms with van der Waals surface area (Å²) in [6, 6.07) is 8.56. The third-order valence-corrected chi connectivity index (χ3v) is 4.29. The third-order valence-electron chi connectivity index (χ3n) is 4.29. The Kier molecular flexibility index (Phi) is 5.69. The molecule has 1 aliphatic heterocycles. The number of nitrogens with two attached hydrogens (primary N) is 1. The SMILES string of the molecule is CCCc1ccc(C(N)C2CCN(C(=O)OC(C)(C)C)C2)cc1. The Labute approximate surface area is 140 Å². The van der Waals surface area contributed by atoms with E-state index in [0.717, 1.165) is 31.4 Å². The van der Waals surface area contributed by atoms with Gasteiger partial charge in [0.25, 0.3) is 0 Å². The second-order valence-corrected chi connectivity index (χ2v) is 7.49. The molecule has 1 aliphatic rings. The van der Waals surface area contributed by atoms with Crippen molar-refractivity contribution in [3.63, 3.8) is 0 Å². The van der Waals surface area contributed by atoms with E-state index in [1.807, 2.05) is 20.8 Å². The van der Waals surface area contributed by atoms with Gasteiger partial charge in [0.15, 0.2) is 0 Å². The van der Waals surface area contributed by atoms with Crippen molar-refractivity contribution >= 4 is 6.09 Å². The molecule has 1 fully saturated rings. The zero-order valence-electron chi connectivity index (χ0n) is 14.8. The van der Waals surface area contributed by atoms with E-state index in [0.29, 0.717) is 12.5 Å². The number of ether oxygens (including phenoxy) is 1. The predicted molar refractivity (Wildman–Crippen MR) is 93.3 cm³/mol. The molecule has 4 nitrogen and oxygen atoms in total. The Bertz CT molecular complexity index is 519. The number of rotatable bonds is 4. The summed E-state index contributed by atoms with van der Waals surface area (Å²) in [5.41, 5.74) is 8.49. The zero-order chi connectivity index (χ0) is 17.0. The maximum absolute atomic E-state index is 12.1. The minimum absolute atomic E-state index is 0.0295. The lowest BCUT2D eigenvalue weighted by molar-refractivity contribution is 0.0286. The van der Waals surface area contributed by atoms with Crippen molar-refractivity contribution < 1.29 is 9.53 Å². The van der Waals surface area contributed by atoms with Gasteiger partial charge in [0.2, 0.25) is 0 Å². The van der Waals surface area contributed by atoms with Gasteiger partial charge in [0, 0.05) is 19.1 Å². The molecule has 1 aromatic carbocycles. The molecule has 0 spiro atoms. The van der Waals surface area contributed by atoms with Gasteiger partial charge in [-0.05, 0) is 50.7 Å². The van der Waals surface area contributed by atoms with E-state index in [1.165, 1.54) is 5.56 Å². The van der Waals surface area contributed by atoms with Gasteiger partial charge < -0.3 is 15.4 Å². The van der Waals surface area contributed by atoms with Crippen molar-refractivity contribution in [2.75, 3.05) is 13.1 Å². The largest absolute Gasteiger partial charge is 0.444 e. The summed E-state index contributed by atoms with van der Waals surface area (Å²) in [6.45, 7) is 9.25. The van der Waals surface area contributed by atoms with Gasteiger partial charge >= 0.3 is 6.09 Å². The van der Waals surface area contributed by atoms with Crippen LogP contribution in [0, 0.1) is 5.92 Å². The average molecular weight is 318 g/mol. The van der Waals surface area contributed by atoms with Gasteiger partial charge in [-0.25, -0.2) is 4.79 Å². The quantitative estimate of drug-likeness (QED) is 0.916. The van der Waals surface area contributed by atoms with Gasteiger partial charge in [0.05, 0.1) is 0 Å². The van der Waals surface area contributed by atoms with Crippen LogP contribution in [-0.2, 0) is 11.2 Å². The summed E-state index contributed by atoms with van der Waals surface area (Å²) in [6.07, 6.45) is 2.95. The van der Waals surface area contributed by atoms with Crippen molar-refractivity contribution in [2.24, 2.45) is 11.7 Å². The topological polar surface area (TPSA) is 55.6 Å². The smallest absolute Gasteiger partial charge is 0.410 e. The van der Waals surface area contributed by atoms with Crippen molar-refractivity contribution in [3.05, 3.63) is 35.4 Å². The molecule has 0 aromatic heterocycles. The summed E-state index contributed by atoms with van der Waals surface area (Å²) in [5.74, 6) is 0.291. The molecule has 0 saturated carbocycles. The van der Waals surface area contributed by atoms with Gasteiger partial charge in [0.1, 0.15) is 5.60 Å². The Hall–Kier alpha value is -1.55. The minimum atomic E-state index is -0.452. The van der Waals surface area contributed by atoms with Crippen LogP contribution in [0.5, 0.6) is 0 Å². The number of carbonyl (C=O) groups excluding carboxylic acids is 1. The second-order valence-electron chi connectivity index (χ2n) is 7.49. The maximum atomic E-state index is 12.1. The van der Waals surface area contributed by atoms with E-state index in [4.69, 9.17) is 10.5 Å². The van der Waals surface area contributed by atoms with Gasteiger partial charge in [-0.2, -0.15) is 0 Å². The molecule has 0 bridgehead atoms. The highest BCUT2D eigenvalue weighted by Gasteiger charge is 2.33. The number of amides is 1. The highest BCUT2D eigenvalue weighted by Crippen LogP contribution is 2.29. The van der Waals surface area contributed by atoms with Gasteiger partial charge in [-0.3, -0.25) is 0 Å². The number of carbonyl (C=O) groups is 1. The summed E-state index contributed by atoms with van der Waals surface area (Å²) < 4.78 is 5.44. The average Bonchev–Trinajstić information content (AvgIpc) is 2.96. The lowest BCUT2D eigenvalue weighted by Gasteiger charge is -2.25. The Morgan fingerprint density at radius 2 is 2.00 bits per heavy atom. The Morgan fingerprint density at radius 1 is 1.35 bits per heavy atom. The molecule has 2 unspecified atom stereocenters. The molecule has 128 valence electrons. The summed E-state index contributed by atoms with van der Waals surface area (Å²) in [7, 11) is 0. The molecule has 0 aliphatic carbocycles. The highest BCUT2D eigenvalue weighted by molar-refractivity contribution is 5.68. The van der Waals surface area contributed by atoms with Crippen LogP contribution in [-0.4, -0.2) is 29.7 Å². The second kappa shape index (κ2) is 7.35. The van der Waals surface area contributed by atoms with Crippen molar-refractivity contribution in [3.8, 4) is 0 Å². The summed E-state index contributed by atoms with van der Waals surface area (Å²) in [5, 5.41) is 0. The number of likely N-dealkylation sites (tertiary alicyclic amines) is 1. The number of hydrogen-bond donors (Lipinski definition) is 1. The molecule has 2 atom stereocenters. The first kappa shape index (κ1) is 17.8. The number of nitrogens with zero attached hydrogens (tertiary/aromatic N) is 1. The number of hydrogen-bond acceptors (Lipinski definition) is 3. The first-order valence-electron chi connectivity index (χ1n) is 8.62. The van der Waals surface area contributed by atoms with Gasteiger partial charge in [-0.15, -0.1) is 0 Å². The highest BCUT2D eigenvalue weighted by atomic mass is 16.6. The van der Waals surface area contributed by atoms with E-state index < -0.39 is 5.60 Å². The lowest BCUT2D eigenvalue weighted by atomic mass is 9.92. The molecular formula is C19H30N2O2. The normalized spacial score (nSPS) is 19.7. The standard InChI is InChI=1S/C19H30N2O2/c1-5-6-14-7-9-15(10-8-14)17(20)16-11-12-21(13-16)18(22)23-19(2,3)4/h7-10,16-17H,5-6,11-13,20H2,1-4H3. The van der Waals surface area contributed by atoms with Crippen LogP contribution in [0.4, 0.5) is 4.79 Å². The molecule has 2 N–H and O–H groups in total. The van der Waals surface area contributed by atoms with Crippen LogP contribution >= 0.6 is 0 Å². The summed E-state index contributed by atoms with van der Waals surface area (Å²) in [4.78, 5) is 13.9. The molecule has 1 amide bonds. The molecule has 1 heterocycles.